The third kappa shape index (κ3) is 2.08. The van der Waals surface area contributed by atoms with Crippen LogP contribution in [0.4, 0.5) is 0 Å². The summed E-state index contributed by atoms with van der Waals surface area (Å²) >= 11 is 0. The molecule has 0 bridgehead atoms. The van der Waals surface area contributed by atoms with Gasteiger partial charge in [-0.25, -0.2) is 9.67 Å². The monoisotopic (exact) mass is 246 g/mol. The maximum Gasteiger partial charge on any atom is 0.296 e. The summed E-state index contributed by atoms with van der Waals surface area (Å²) in [7, 11) is 0. The second kappa shape index (κ2) is 4.08. The summed E-state index contributed by atoms with van der Waals surface area (Å²) in [6.45, 7) is 9.77. The molecule has 0 aliphatic rings. The van der Waals surface area contributed by atoms with Crippen LogP contribution in [0.1, 0.15) is 32.2 Å². The molecule has 0 radical (unpaired) electrons. The molecule has 2 heterocycles. The summed E-state index contributed by atoms with van der Waals surface area (Å²) in [6.07, 6.45) is 3.34. The van der Waals surface area contributed by atoms with E-state index < -0.39 is 0 Å². The van der Waals surface area contributed by atoms with Crippen molar-refractivity contribution in [1.29, 1.82) is 0 Å². The molecular formula is C13H18N4O. The average Bonchev–Trinajstić information content (AvgIpc) is 2.56. The van der Waals surface area contributed by atoms with Crippen LogP contribution in [0.2, 0.25) is 0 Å². The van der Waals surface area contributed by atoms with E-state index in [9.17, 15) is 4.79 Å². The van der Waals surface area contributed by atoms with E-state index in [1.807, 2.05) is 40.7 Å². The highest BCUT2D eigenvalue weighted by Gasteiger charge is 2.18. The van der Waals surface area contributed by atoms with E-state index in [1.54, 1.807) is 21.6 Å². The van der Waals surface area contributed by atoms with E-state index in [4.69, 9.17) is 0 Å². The second-order valence-electron chi connectivity index (χ2n) is 5.44. The first-order valence-corrected chi connectivity index (χ1v) is 5.92. The Balaban J connectivity index is 2.68. The van der Waals surface area contributed by atoms with Crippen LogP contribution >= 0.6 is 0 Å². The Morgan fingerprint density at radius 1 is 1.22 bits per heavy atom. The molecule has 0 atom stereocenters. The van der Waals surface area contributed by atoms with Crippen LogP contribution in [-0.4, -0.2) is 19.3 Å². The molecule has 0 aliphatic heterocycles. The SMILES string of the molecule is Cc1cc(C)n(-c2nccn(C(C)(C)C)c2=O)n1. The molecule has 0 spiro atoms. The Kier molecular flexibility index (Phi) is 2.84. The Labute approximate surface area is 106 Å². The van der Waals surface area contributed by atoms with Gasteiger partial charge in [0.1, 0.15) is 0 Å². The van der Waals surface area contributed by atoms with Crippen molar-refractivity contribution in [2.75, 3.05) is 0 Å². The molecule has 0 N–H and O–H groups in total. The van der Waals surface area contributed by atoms with Crippen molar-refractivity contribution in [3.05, 3.63) is 40.2 Å². The van der Waals surface area contributed by atoms with Gasteiger partial charge in [-0.3, -0.25) is 4.79 Å². The smallest absolute Gasteiger partial charge is 0.296 e. The lowest BCUT2D eigenvalue weighted by atomic mass is 10.1. The predicted molar refractivity (Wildman–Crippen MR) is 70.1 cm³/mol. The quantitative estimate of drug-likeness (QED) is 0.771. The number of nitrogens with zero attached hydrogens (tertiary/aromatic N) is 4. The Morgan fingerprint density at radius 2 is 1.89 bits per heavy atom. The van der Waals surface area contributed by atoms with Gasteiger partial charge in [0, 0.05) is 23.6 Å². The normalized spacial score (nSPS) is 11.8. The van der Waals surface area contributed by atoms with Crippen molar-refractivity contribution >= 4 is 0 Å². The van der Waals surface area contributed by atoms with Crippen LogP contribution in [0, 0.1) is 13.8 Å². The molecular weight excluding hydrogens is 228 g/mol. The van der Waals surface area contributed by atoms with E-state index in [2.05, 4.69) is 10.1 Å². The molecule has 96 valence electrons. The molecule has 0 saturated heterocycles. The molecule has 0 fully saturated rings. The van der Waals surface area contributed by atoms with Crippen LogP contribution in [0.25, 0.3) is 5.82 Å². The summed E-state index contributed by atoms with van der Waals surface area (Å²) in [5.74, 6) is 0.345. The number of rotatable bonds is 1. The van der Waals surface area contributed by atoms with E-state index >= 15 is 0 Å². The third-order valence-electron chi connectivity index (χ3n) is 2.76. The van der Waals surface area contributed by atoms with Gasteiger partial charge in [-0.05, 0) is 40.7 Å². The molecule has 0 aliphatic carbocycles. The number of aryl methyl sites for hydroxylation is 2. The first-order chi connectivity index (χ1) is 8.30. The summed E-state index contributed by atoms with van der Waals surface area (Å²) in [6, 6.07) is 1.93. The Hall–Kier alpha value is -1.91. The van der Waals surface area contributed by atoms with Gasteiger partial charge in [0.25, 0.3) is 5.56 Å². The van der Waals surface area contributed by atoms with Gasteiger partial charge < -0.3 is 4.57 Å². The molecule has 0 unspecified atom stereocenters. The highest BCUT2D eigenvalue weighted by atomic mass is 16.1. The lowest BCUT2D eigenvalue weighted by molar-refractivity contribution is 0.381. The van der Waals surface area contributed by atoms with Crippen LogP contribution in [-0.2, 0) is 5.54 Å². The summed E-state index contributed by atoms with van der Waals surface area (Å²) in [5, 5.41) is 4.31. The molecule has 5 heteroatoms. The maximum atomic E-state index is 12.4. The zero-order valence-corrected chi connectivity index (χ0v) is 11.4. The number of hydrogen-bond donors (Lipinski definition) is 0. The minimum atomic E-state index is -0.273. The fourth-order valence-corrected chi connectivity index (χ4v) is 1.92. The first-order valence-electron chi connectivity index (χ1n) is 5.92. The molecule has 18 heavy (non-hydrogen) atoms. The minimum Gasteiger partial charge on any atom is -0.305 e. The topological polar surface area (TPSA) is 52.7 Å². The zero-order valence-electron chi connectivity index (χ0n) is 11.4. The summed E-state index contributed by atoms with van der Waals surface area (Å²) < 4.78 is 3.27. The molecule has 2 rings (SSSR count). The number of aromatic nitrogens is 4. The van der Waals surface area contributed by atoms with Crippen molar-refractivity contribution in [2.45, 2.75) is 40.2 Å². The van der Waals surface area contributed by atoms with Crippen LogP contribution in [0.5, 0.6) is 0 Å². The molecule has 0 amide bonds. The van der Waals surface area contributed by atoms with E-state index in [0.29, 0.717) is 5.82 Å². The van der Waals surface area contributed by atoms with E-state index in [0.717, 1.165) is 11.4 Å². The van der Waals surface area contributed by atoms with Gasteiger partial charge in [-0.2, -0.15) is 5.10 Å². The molecule has 0 saturated carbocycles. The van der Waals surface area contributed by atoms with Gasteiger partial charge in [0.05, 0.1) is 5.69 Å². The third-order valence-corrected chi connectivity index (χ3v) is 2.76. The van der Waals surface area contributed by atoms with Gasteiger partial charge >= 0.3 is 0 Å². The van der Waals surface area contributed by atoms with E-state index in [1.165, 1.54) is 0 Å². The lowest BCUT2D eigenvalue weighted by Gasteiger charge is -2.22. The van der Waals surface area contributed by atoms with Crippen molar-refractivity contribution in [1.82, 2.24) is 19.3 Å². The van der Waals surface area contributed by atoms with Gasteiger partial charge in [-0.15, -0.1) is 0 Å². The standard InChI is InChI=1S/C13H18N4O/c1-9-8-10(2)17(15-9)11-12(18)16(7-6-14-11)13(3,4)5/h6-8H,1-5H3. The van der Waals surface area contributed by atoms with Crippen LogP contribution < -0.4 is 5.56 Å². The highest BCUT2D eigenvalue weighted by Crippen LogP contribution is 2.11. The lowest BCUT2D eigenvalue weighted by Crippen LogP contribution is -2.36. The molecule has 2 aromatic heterocycles. The fraction of sp³-hybridized carbons (Fsp3) is 0.462. The fourth-order valence-electron chi connectivity index (χ4n) is 1.92. The van der Waals surface area contributed by atoms with Crippen molar-refractivity contribution in [2.24, 2.45) is 0 Å². The van der Waals surface area contributed by atoms with Crippen LogP contribution in [0.15, 0.2) is 23.3 Å². The van der Waals surface area contributed by atoms with E-state index in [-0.39, 0.29) is 11.1 Å². The minimum absolute atomic E-state index is 0.129. The highest BCUT2D eigenvalue weighted by molar-refractivity contribution is 5.23. The largest absolute Gasteiger partial charge is 0.305 e. The molecule has 2 aromatic rings. The zero-order chi connectivity index (χ0) is 13.5. The van der Waals surface area contributed by atoms with Crippen molar-refractivity contribution in [3.8, 4) is 5.82 Å². The van der Waals surface area contributed by atoms with Crippen molar-refractivity contribution in [3.63, 3.8) is 0 Å². The number of hydrogen-bond acceptors (Lipinski definition) is 3. The first kappa shape index (κ1) is 12.5. The maximum absolute atomic E-state index is 12.4. The summed E-state index contributed by atoms with van der Waals surface area (Å²) in [5.41, 5.74) is 1.38. The second-order valence-corrected chi connectivity index (χ2v) is 5.44. The Morgan fingerprint density at radius 3 is 2.39 bits per heavy atom. The van der Waals surface area contributed by atoms with Crippen molar-refractivity contribution < 1.29 is 0 Å². The average molecular weight is 246 g/mol. The predicted octanol–water partition coefficient (Wildman–Crippen LogP) is 1.80. The van der Waals surface area contributed by atoms with Gasteiger partial charge in [0.15, 0.2) is 0 Å². The van der Waals surface area contributed by atoms with Gasteiger partial charge in [-0.1, -0.05) is 0 Å². The van der Waals surface area contributed by atoms with Crippen LogP contribution in [0.3, 0.4) is 0 Å². The Bertz CT molecular complexity index is 631. The molecule has 0 aromatic carbocycles. The summed E-state index contributed by atoms with van der Waals surface area (Å²) in [4.78, 5) is 16.6. The van der Waals surface area contributed by atoms with Gasteiger partial charge in [0.2, 0.25) is 5.82 Å². The molecule has 5 nitrogen and oxygen atoms in total.